The Bertz CT molecular complexity index is 1970. The molecule has 49 heavy (non-hydrogen) atoms. The molecule has 5 aromatic rings. The van der Waals surface area contributed by atoms with Crippen LogP contribution in [0.3, 0.4) is 0 Å². The summed E-state index contributed by atoms with van der Waals surface area (Å²) < 4.78 is 16.6. The summed E-state index contributed by atoms with van der Waals surface area (Å²) in [5, 5.41) is 21.2. The van der Waals surface area contributed by atoms with Crippen LogP contribution < -0.4 is 10.2 Å². The molecule has 8 rings (SSSR count). The van der Waals surface area contributed by atoms with E-state index in [2.05, 4.69) is 61.7 Å². The number of phenols is 1. The summed E-state index contributed by atoms with van der Waals surface area (Å²) in [6, 6.07) is 25.5. The maximum absolute atomic E-state index is 14.5. The Balaban J connectivity index is 0.862. The molecule has 5 heterocycles. The molecule has 10 heteroatoms. The van der Waals surface area contributed by atoms with Gasteiger partial charge in [-0.2, -0.15) is 0 Å². The molecular formula is C39H39FN6O3. The topological polar surface area (TPSA) is 104 Å². The van der Waals surface area contributed by atoms with Crippen molar-refractivity contribution in [1.82, 2.24) is 25.0 Å². The van der Waals surface area contributed by atoms with Crippen molar-refractivity contribution in [3.8, 4) is 22.7 Å². The first-order chi connectivity index (χ1) is 23.9. The Labute approximate surface area is 284 Å². The van der Waals surface area contributed by atoms with Crippen molar-refractivity contribution < 1.29 is 19.1 Å². The van der Waals surface area contributed by atoms with Crippen LogP contribution in [0, 0.1) is 5.82 Å². The van der Waals surface area contributed by atoms with E-state index < -0.39 is 5.82 Å². The molecule has 3 aliphatic rings. The number of aromatic nitrogens is 3. The molecule has 1 unspecified atom stereocenters. The first-order valence-electron chi connectivity index (χ1n) is 17.3. The number of nitrogens with one attached hydrogen (secondary N) is 1. The SMILES string of the molecule is O=C1CCC(c2ccc(N3CCC(N4CCC(c5ccc(-n6ccc7nnc(-c8c(O)cccc8F)cc76)cc5)CC4)CC3)cc2)C(=O)N1. The molecule has 2 N–H and O–H groups in total. The van der Waals surface area contributed by atoms with E-state index in [0.717, 1.165) is 68.6 Å². The number of anilines is 1. The predicted octanol–water partition coefficient (Wildman–Crippen LogP) is 6.30. The molecule has 0 radical (unpaired) electrons. The van der Waals surface area contributed by atoms with Crippen molar-refractivity contribution in [2.75, 3.05) is 31.1 Å². The number of benzene rings is 3. The summed E-state index contributed by atoms with van der Waals surface area (Å²) in [7, 11) is 0. The van der Waals surface area contributed by atoms with E-state index in [1.165, 1.54) is 29.4 Å². The monoisotopic (exact) mass is 658 g/mol. The minimum Gasteiger partial charge on any atom is -0.507 e. The zero-order chi connectivity index (χ0) is 33.5. The van der Waals surface area contributed by atoms with Gasteiger partial charge in [-0.1, -0.05) is 30.3 Å². The molecular weight excluding hydrogens is 619 g/mol. The van der Waals surface area contributed by atoms with Crippen LogP contribution in [0.15, 0.2) is 85.1 Å². The highest BCUT2D eigenvalue weighted by molar-refractivity contribution is 6.01. The number of hydrogen-bond donors (Lipinski definition) is 2. The summed E-state index contributed by atoms with van der Waals surface area (Å²) in [5.74, 6) is -0.788. The molecule has 2 aromatic heterocycles. The average Bonchev–Trinajstić information content (AvgIpc) is 3.55. The van der Waals surface area contributed by atoms with Crippen LogP contribution >= 0.6 is 0 Å². The van der Waals surface area contributed by atoms with Gasteiger partial charge in [0.2, 0.25) is 11.8 Å². The Morgan fingerprint density at radius 3 is 2.20 bits per heavy atom. The third-order valence-corrected chi connectivity index (χ3v) is 10.7. The van der Waals surface area contributed by atoms with Crippen LogP contribution in [0.25, 0.3) is 28.0 Å². The van der Waals surface area contributed by atoms with Gasteiger partial charge < -0.3 is 19.5 Å². The summed E-state index contributed by atoms with van der Waals surface area (Å²) >= 11 is 0. The first kappa shape index (κ1) is 31.2. The van der Waals surface area contributed by atoms with Gasteiger partial charge in [0, 0.05) is 43.1 Å². The van der Waals surface area contributed by atoms with Gasteiger partial charge >= 0.3 is 0 Å². The fraction of sp³-hybridized carbons (Fsp3) is 0.333. The number of fused-ring (bicyclic) bond motifs is 1. The van der Waals surface area contributed by atoms with Crippen LogP contribution in [0.5, 0.6) is 5.75 Å². The molecule has 0 bridgehead atoms. The van der Waals surface area contributed by atoms with Gasteiger partial charge in [0.1, 0.15) is 22.8 Å². The number of nitrogens with zero attached hydrogens (tertiary/aromatic N) is 5. The highest BCUT2D eigenvalue weighted by atomic mass is 19.1. The molecule has 0 saturated carbocycles. The van der Waals surface area contributed by atoms with Gasteiger partial charge in [-0.3, -0.25) is 14.9 Å². The van der Waals surface area contributed by atoms with Crippen LogP contribution in [-0.4, -0.2) is 68.8 Å². The number of phenolic OH excluding ortho intramolecular Hbond substituents is 1. The second-order valence-electron chi connectivity index (χ2n) is 13.5. The lowest BCUT2D eigenvalue weighted by molar-refractivity contribution is -0.134. The van der Waals surface area contributed by atoms with E-state index in [0.29, 0.717) is 30.3 Å². The number of rotatable bonds is 6. The molecule has 3 saturated heterocycles. The number of piperidine rings is 3. The number of imide groups is 1. The molecule has 3 aromatic carbocycles. The molecule has 250 valence electrons. The van der Waals surface area contributed by atoms with Gasteiger partial charge in [0.05, 0.1) is 17.0 Å². The van der Waals surface area contributed by atoms with Gasteiger partial charge in [0.25, 0.3) is 0 Å². The highest BCUT2D eigenvalue weighted by Gasteiger charge is 2.30. The van der Waals surface area contributed by atoms with E-state index in [9.17, 15) is 19.1 Å². The third-order valence-electron chi connectivity index (χ3n) is 10.7. The summed E-state index contributed by atoms with van der Waals surface area (Å²) in [4.78, 5) is 28.9. The van der Waals surface area contributed by atoms with Crippen LogP contribution in [-0.2, 0) is 9.59 Å². The fourth-order valence-electron chi connectivity index (χ4n) is 7.97. The second-order valence-corrected chi connectivity index (χ2v) is 13.5. The lowest BCUT2D eigenvalue weighted by Gasteiger charge is -2.42. The van der Waals surface area contributed by atoms with E-state index >= 15 is 0 Å². The Morgan fingerprint density at radius 2 is 1.49 bits per heavy atom. The number of amides is 2. The quantitative estimate of drug-likeness (QED) is 0.207. The maximum atomic E-state index is 14.5. The molecule has 0 spiro atoms. The highest BCUT2D eigenvalue weighted by Crippen LogP contribution is 2.35. The van der Waals surface area contributed by atoms with Crippen molar-refractivity contribution in [3.63, 3.8) is 0 Å². The van der Waals surface area contributed by atoms with Gasteiger partial charge in [-0.05, 0) is 111 Å². The number of carbonyl (C=O) groups excluding carboxylic acids is 2. The fourth-order valence-corrected chi connectivity index (χ4v) is 7.97. The van der Waals surface area contributed by atoms with E-state index in [4.69, 9.17) is 0 Å². The Kier molecular flexibility index (Phi) is 8.33. The molecule has 2 amide bonds. The molecule has 3 aliphatic heterocycles. The second kappa shape index (κ2) is 13.1. The van der Waals surface area contributed by atoms with Crippen molar-refractivity contribution in [1.29, 1.82) is 0 Å². The van der Waals surface area contributed by atoms with Crippen molar-refractivity contribution in [2.24, 2.45) is 0 Å². The van der Waals surface area contributed by atoms with Gasteiger partial charge in [0.15, 0.2) is 0 Å². The summed E-state index contributed by atoms with van der Waals surface area (Å²) in [6.07, 6.45) is 7.47. The molecule has 1 atom stereocenters. The van der Waals surface area contributed by atoms with E-state index in [-0.39, 0.29) is 34.7 Å². The molecule has 3 fully saturated rings. The maximum Gasteiger partial charge on any atom is 0.234 e. The Morgan fingerprint density at radius 1 is 0.776 bits per heavy atom. The average molecular weight is 659 g/mol. The van der Waals surface area contributed by atoms with Gasteiger partial charge in [-0.25, -0.2) is 4.39 Å². The zero-order valence-electron chi connectivity index (χ0n) is 27.3. The number of likely N-dealkylation sites (tertiary alicyclic amines) is 1. The van der Waals surface area contributed by atoms with E-state index in [1.807, 2.05) is 29.0 Å². The number of halogens is 1. The largest absolute Gasteiger partial charge is 0.507 e. The first-order valence-corrected chi connectivity index (χ1v) is 17.3. The van der Waals surface area contributed by atoms with E-state index in [1.54, 1.807) is 6.07 Å². The number of carbonyl (C=O) groups is 2. The molecule has 0 aliphatic carbocycles. The minimum absolute atomic E-state index is 0.0511. The molecule has 9 nitrogen and oxygen atoms in total. The van der Waals surface area contributed by atoms with Crippen molar-refractivity contribution in [2.45, 2.75) is 56.4 Å². The lowest BCUT2D eigenvalue weighted by Crippen LogP contribution is -2.47. The number of hydrogen-bond acceptors (Lipinski definition) is 7. The summed E-state index contributed by atoms with van der Waals surface area (Å²) in [5.41, 5.74) is 6.35. The van der Waals surface area contributed by atoms with Gasteiger partial charge in [-0.15, -0.1) is 10.2 Å². The van der Waals surface area contributed by atoms with Crippen LogP contribution in [0.2, 0.25) is 0 Å². The summed E-state index contributed by atoms with van der Waals surface area (Å²) in [6.45, 7) is 4.24. The number of aromatic hydroxyl groups is 1. The lowest BCUT2D eigenvalue weighted by atomic mass is 9.88. The third kappa shape index (κ3) is 6.17. The van der Waals surface area contributed by atoms with Crippen molar-refractivity contribution in [3.05, 3.63) is 102 Å². The zero-order valence-corrected chi connectivity index (χ0v) is 27.3. The van der Waals surface area contributed by atoms with Crippen molar-refractivity contribution >= 4 is 28.5 Å². The minimum atomic E-state index is -0.539. The predicted molar refractivity (Wildman–Crippen MR) is 186 cm³/mol. The van der Waals surface area contributed by atoms with Crippen LogP contribution in [0.1, 0.15) is 61.5 Å². The smallest absolute Gasteiger partial charge is 0.234 e. The standard InChI is InChI=1S/C39H39FN6O3/c40-32-2-1-3-36(47)38(32)34-24-35-33(42-43-34)18-23-46(35)30-10-4-25(5-11-30)26-14-19-44(20-15-26)29-16-21-45(22-17-29)28-8-6-27(7-9-28)31-12-13-37(48)41-39(31)49/h1-11,18,23-24,26,29,31,47H,12-17,19-22H2,(H,41,48,49). The normalized spacial score (nSPS) is 19.8. The van der Waals surface area contributed by atoms with Crippen LogP contribution in [0.4, 0.5) is 10.1 Å². The Hall–Kier alpha value is -5.09.